The number of benzene rings is 1. The Labute approximate surface area is 213 Å². The van der Waals surface area contributed by atoms with Crippen LogP contribution in [-0.2, 0) is 19.1 Å². The number of fused-ring (bicyclic) bond motifs is 1. The van der Waals surface area contributed by atoms with Gasteiger partial charge < -0.3 is 24.8 Å². The van der Waals surface area contributed by atoms with Gasteiger partial charge >= 0.3 is 0 Å². The summed E-state index contributed by atoms with van der Waals surface area (Å²) in [5, 5.41) is 2.96. The Morgan fingerprint density at radius 3 is 2.33 bits per heavy atom. The van der Waals surface area contributed by atoms with Crippen LogP contribution in [-0.4, -0.2) is 91.3 Å². The molecule has 1 aromatic rings. The van der Waals surface area contributed by atoms with Crippen molar-refractivity contribution in [2.45, 2.75) is 64.3 Å². The molecule has 0 saturated carbocycles. The fourth-order valence-electron chi connectivity index (χ4n) is 5.43. The summed E-state index contributed by atoms with van der Waals surface area (Å²) in [4.78, 5) is 58.2. The van der Waals surface area contributed by atoms with Crippen LogP contribution in [0.15, 0.2) is 24.3 Å². The molecular weight excluding hydrogens is 460 g/mol. The monoisotopic (exact) mass is 498 g/mol. The Hall–Kier alpha value is -2.94. The molecular formula is C27H38N4O5. The van der Waals surface area contributed by atoms with Gasteiger partial charge in [0.05, 0.1) is 12.6 Å². The molecule has 0 aromatic heterocycles. The molecule has 3 aliphatic rings. The number of Topliss-reactive ketones (excluding diaryl/α,β-unsaturated/α-hetero) is 1. The second-order valence-electron chi connectivity index (χ2n) is 10.8. The number of amides is 3. The molecule has 0 aliphatic carbocycles. The Morgan fingerprint density at radius 2 is 1.75 bits per heavy atom. The van der Waals surface area contributed by atoms with Crippen LogP contribution in [0.25, 0.3) is 0 Å². The average Bonchev–Trinajstić information content (AvgIpc) is 3.60. The number of nitrogens with zero attached hydrogens (tertiary/aromatic N) is 3. The Kier molecular flexibility index (Phi) is 7.68. The smallest absolute Gasteiger partial charge is 0.252 e. The molecule has 5 atom stereocenters. The number of hydrogen-bond donors (Lipinski definition) is 1. The Bertz CT molecular complexity index is 1000. The fraction of sp³-hybridized carbons (Fsp3) is 0.630. The molecule has 1 aromatic carbocycles. The van der Waals surface area contributed by atoms with E-state index in [2.05, 4.69) is 5.32 Å². The highest BCUT2D eigenvalue weighted by molar-refractivity contribution is 6.01. The lowest BCUT2D eigenvalue weighted by Crippen LogP contribution is -2.55. The van der Waals surface area contributed by atoms with Crippen molar-refractivity contribution in [1.82, 2.24) is 15.1 Å². The topological polar surface area (TPSA) is 99.3 Å². The minimum Gasteiger partial charge on any atom is -0.378 e. The number of carbonyl (C=O) groups excluding carboxylic acids is 4. The third-order valence-corrected chi connectivity index (χ3v) is 7.97. The summed E-state index contributed by atoms with van der Waals surface area (Å²) in [6.07, 6.45) is 1.55. The van der Waals surface area contributed by atoms with Crippen molar-refractivity contribution in [1.29, 1.82) is 0 Å². The van der Waals surface area contributed by atoms with E-state index in [1.807, 2.05) is 51.9 Å². The van der Waals surface area contributed by atoms with E-state index in [1.54, 1.807) is 21.9 Å². The molecule has 4 rings (SSSR count). The molecule has 0 bridgehead atoms. The number of anilines is 1. The molecule has 3 fully saturated rings. The predicted octanol–water partition coefficient (Wildman–Crippen LogP) is 1.70. The van der Waals surface area contributed by atoms with Gasteiger partial charge in [-0.05, 0) is 55.4 Å². The van der Waals surface area contributed by atoms with Gasteiger partial charge in [-0.25, -0.2) is 0 Å². The van der Waals surface area contributed by atoms with E-state index in [-0.39, 0.29) is 47.9 Å². The van der Waals surface area contributed by atoms with Gasteiger partial charge in [0, 0.05) is 38.5 Å². The number of ketones is 1. The van der Waals surface area contributed by atoms with Crippen molar-refractivity contribution < 1.29 is 23.9 Å². The van der Waals surface area contributed by atoms with Crippen molar-refractivity contribution >= 4 is 29.2 Å². The summed E-state index contributed by atoms with van der Waals surface area (Å²) < 4.78 is 5.55. The van der Waals surface area contributed by atoms with Gasteiger partial charge in [-0.15, -0.1) is 0 Å². The van der Waals surface area contributed by atoms with E-state index < -0.39 is 18.2 Å². The standard InChI is InChI=1S/C27H38N4O5/c1-16(2)17(3)23(28-25(33)18-8-10-19(11-9-18)29(4)5)27(35)30-13-12-20-24(30)21(32)15-31(20)26(34)22-7-6-14-36-22/h8-11,16-17,20,22-24H,6-7,12-15H2,1-5H3,(H,28,33)/t17-,20-,22?,23+,24+/m1/s1. The molecule has 3 heterocycles. The number of carbonyl (C=O) groups is 4. The number of nitrogens with one attached hydrogen (secondary N) is 1. The van der Waals surface area contributed by atoms with E-state index in [9.17, 15) is 19.2 Å². The SMILES string of the molecule is CC(C)[C@@H](C)[C@H](NC(=O)c1ccc(N(C)C)cc1)C(=O)N1CC[C@@H]2[C@H]1C(=O)CN2C(=O)C1CCCO1. The second kappa shape index (κ2) is 10.6. The van der Waals surface area contributed by atoms with Crippen LogP contribution >= 0.6 is 0 Å². The van der Waals surface area contributed by atoms with Gasteiger partial charge in [0.15, 0.2) is 5.78 Å². The number of ether oxygens (including phenoxy) is 1. The molecule has 0 radical (unpaired) electrons. The van der Waals surface area contributed by atoms with Crippen LogP contribution in [0.1, 0.15) is 50.4 Å². The van der Waals surface area contributed by atoms with Gasteiger partial charge in [-0.1, -0.05) is 20.8 Å². The largest absolute Gasteiger partial charge is 0.378 e. The third kappa shape index (κ3) is 4.98. The van der Waals surface area contributed by atoms with Gasteiger partial charge in [-0.3, -0.25) is 19.2 Å². The predicted molar refractivity (Wildman–Crippen MR) is 136 cm³/mol. The zero-order chi connectivity index (χ0) is 26.1. The third-order valence-electron chi connectivity index (χ3n) is 7.97. The molecule has 3 aliphatic heterocycles. The van der Waals surface area contributed by atoms with Gasteiger partial charge in [0.2, 0.25) is 5.91 Å². The minimum atomic E-state index is -0.777. The fourth-order valence-corrected chi connectivity index (χ4v) is 5.43. The van der Waals surface area contributed by atoms with Crippen LogP contribution in [0.4, 0.5) is 5.69 Å². The molecule has 1 N–H and O–H groups in total. The van der Waals surface area contributed by atoms with E-state index in [0.29, 0.717) is 31.6 Å². The van der Waals surface area contributed by atoms with Crippen LogP contribution in [0.2, 0.25) is 0 Å². The lowest BCUT2D eigenvalue weighted by molar-refractivity contribution is -0.142. The van der Waals surface area contributed by atoms with Crippen LogP contribution in [0.3, 0.4) is 0 Å². The van der Waals surface area contributed by atoms with Crippen LogP contribution in [0.5, 0.6) is 0 Å². The lowest BCUT2D eigenvalue weighted by Gasteiger charge is -2.33. The highest BCUT2D eigenvalue weighted by Crippen LogP contribution is 2.33. The van der Waals surface area contributed by atoms with E-state index in [4.69, 9.17) is 4.74 Å². The van der Waals surface area contributed by atoms with Crippen LogP contribution < -0.4 is 10.2 Å². The van der Waals surface area contributed by atoms with Crippen molar-refractivity contribution in [3.05, 3.63) is 29.8 Å². The second-order valence-corrected chi connectivity index (χ2v) is 10.8. The van der Waals surface area contributed by atoms with Crippen LogP contribution in [0, 0.1) is 11.8 Å². The van der Waals surface area contributed by atoms with E-state index in [0.717, 1.165) is 12.1 Å². The quantitative estimate of drug-likeness (QED) is 0.615. The van der Waals surface area contributed by atoms with Crippen molar-refractivity contribution in [2.75, 3.05) is 38.7 Å². The molecule has 36 heavy (non-hydrogen) atoms. The van der Waals surface area contributed by atoms with Crippen molar-refractivity contribution in [3.63, 3.8) is 0 Å². The maximum atomic E-state index is 13.8. The summed E-state index contributed by atoms with van der Waals surface area (Å²) in [5.74, 6) is -0.882. The minimum absolute atomic E-state index is 0.00674. The number of likely N-dealkylation sites (tertiary alicyclic amines) is 2. The van der Waals surface area contributed by atoms with Gasteiger partial charge in [-0.2, -0.15) is 0 Å². The summed E-state index contributed by atoms with van der Waals surface area (Å²) in [6.45, 7) is 6.91. The lowest BCUT2D eigenvalue weighted by atomic mass is 9.89. The normalized spacial score (nSPS) is 25.2. The molecule has 9 nitrogen and oxygen atoms in total. The molecule has 3 saturated heterocycles. The maximum Gasteiger partial charge on any atom is 0.252 e. The van der Waals surface area contributed by atoms with Gasteiger partial charge in [0.1, 0.15) is 18.2 Å². The highest BCUT2D eigenvalue weighted by Gasteiger charge is 2.53. The first-order valence-electron chi connectivity index (χ1n) is 12.9. The zero-order valence-electron chi connectivity index (χ0n) is 21.9. The van der Waals surface area contributed by atoms with E-state index in [1.165, 1.54) is 0 Å². The van der Waals surface area contributed by atoms with E-state index >= 15 is 0 Å². The number of hydrogen-bond acceptors (Lipinski definition) is 6. The maximum absolute atomic E-state index is 13.8. The number of rotatable bonds is 7. The highest BCUT2D eigenvalue weighted by atomic mass is 16.5. The summed E-state index contributed by atoms with van der Waals surface area (Å²) in [5.41, 5.74) is 1.44. The molecule has 1 unspecified atom stereocenters. The van der Waals surface area contributed by atoms with Gasteiger partial charge in [0.25, 0.3) is 11.8 Å². The summed E-state index contributed by atoms with van der Waals surface area (Å²) >= 11 is 0. The molecule has 196 valence electrons. The average molecular weight is 499 g/mol. The molecule has 0 spiro atoms. The first-order valence-corrected chi connectivity index (χ1v) is 12.9. The Balaban J connectivity index is 1.51. The summed E-state index contributed by atoms with van der Waals surface area (Å²) in [7, 11) is 3.86. The first kappa shape index (κ1) is 26.1. The van der Waals surface area contributed by atoms with Crippen molar-refractivity contribution in [2.24, 2.45) is 11.8 Å². The zero-order valence-corrected chi connectivity index (χ0v) is 21.9. The first-order chi connectivity index (χ1) is 17.1. The molecule has 9 heteroatoms. The van der Waals surface area contributed by atoms with Crippen molar-refractivity contribution in [3.8, 4) is 0 Å². The Morgan fingerprint density at radius 1 is 1.06 bits per heavy atom. The molecule has 3 amide bonds. The summed E-state index contributed by atoms with van der Waals surface area (Å²) in [6, 6.07) is 5.43.